The van der Waals surface area contributed by atoms with Crippen LogP contribution in [0.2, 0.25) is 0 Å². The van der Waals surface area contributed by atoms with Gasteiger partial charge >= 0.3 is 6.03 Å². The van der Waals surface area contributed by atoms with E-state index in [-0.39, 0.29) is 12.6 Å². The van der Waals surface area contributed by atoms with Crippen LogP contribution in [0.25, 0.3) is 0 Å². The Balaban J connectivity index is 1.83. The predicted octanol–water partition coefficient (Wildman–Crippen LogP) is 3.15. The maximum atomic E-state index is 11.7. The topological polar surface area (TPSA) is 61.4 Å². The molecule has 1 atom stereocenters. The number of amides is 2. The van der Waals surface area contributed by atoms with Gasteiger partial charge in [0.2, 0.25) is 0 Å². The summed E-state index contributed by atoms with van der Waals surface area (Å²) in [7, 11) is 0. The number of hydrogen-bond acceptors (Lipinski definition) is 2. The van der Waals surface area contributed by atoms with E-state index in [1.807, 2.05) is 54.6 Å². The van der Waals surface area contributed by atoms with Gasteiger partial charge in [-0.3, -0.25) is 0 Å². The number of carbonyl (C=O) groups excluding carboxylic acids is 1. The zero-order valence-electron chi connectivity index (χ0n) is 10.7. The molecule has 3 N–H and O–H groups in total. The molecule has 2 rings (SSSR count). The summed E-state index contributed by atoms with van der Waals surface area (Å²) in [5.41, 5.74) is 1.51. The van der Waals surface area contributed by atoms with Crippen LogP contribution in [0.3, 0.4) is 0 Å². The highest BCUT2D eigenvalue weighted by Crippen LogP contribution is 2.13. The summed E-state index contributed by atoms with van der Waals surface area (Å²) < 4.78 is 1.05. The highest BCUT2D eigenvalue weighted by Gasteiger charge is 2.09. The van der Waals surface area contributed by atoms with Crippen LogP contribution in [0, 0.1) is 3.57 Å². The maximum Gasteiger partial charge on any atom is 0.319 e. The van der Waals surface area contributed by atoms with E-state index in [0.717, 1.165) is 14.8 Å². The maximum absolute atomic E-state index is 11.7. The summed E-state index contributed by atoms with van der Waals surface area (Å²) in [5.74, 6) is 0. The average Bonchev–Trinajstić information content (AvgIpc) is 2.46. The molecule has 0 heterocycles. The second kappa shape index (κ2) is 7.25. The molecule has 2 aromatic rings. The molecule has 104 valence electrons. The number of halogens is 1. The molecule has 0 spiro atoms. The summed E-state index contributed by atoms with van der Waals surface area (Å²) in [6.07, 6.45) is -0.710. The summed E-state index contributed by atoms with van der Waals surface area (Å²) in [6, 6.07) is 16.4. The zero-order chi connectivity index (χ0) is 14.4. The van der Waals surface area contributed by atoms with Crippen LogP contribution >= 0.6 is 22.6 Å². The van der Waals surface area contributed by atoms with Crippen molar-refractivity contribution >= 4 is 34.3 Å². The smallest absolute Gasteiger partial charge is 0.319 e. The number of nitrogens with one attached hydrogen (secondary N) is 2. The van der Waals surface area contributed by atoms with Gasteiger partial charge in [-0.15, -0.1) is 0 Å². The first kappa shape index (κ1) is 14.8. The molecule has 0 saturated carbocycles. The normalized spacial score (nSPS) is 11.7. The lowest BCUT2D eigenvalue weighted by Crippen LogP contribution is -2.32. The molecule has 0 aromatic heterocycles. The number of aliphatic hydroxyl groups excluding tert-OH is 1. The van der Waals surface area contributed by atoms with Crippen LogP contribution in [0.15, 0.2) is 54.6 Å². The van der Waals surface area contributed by atoms with Gasteiger partial charge in [-0.25, -0.2) is 4.79 Å². The fourth-order valence-corrected chi connectivity index (χ4v) is 2.27. The largest absolute Gasteiger partial charge is 0.387 e. The van der Waals surface area contributed by atoms with Gasteiger partial charge in [-0.2, -0.15) is 0 Å². The first-order chi connectivity index (χ1) is 9.65. The van der Waals surface area contributed by atoms with Crippen molar-refractivity contribution in [1.29, 1.82) is 0 Å². The Kier molecular flexibility index (Phi) is 5.37. The fraction of sp³-hybridized carbons (Fsp3) is 0.133. The standard InChI is InChI=1S/C15H15IN2O2/c16-12-7-4-8-13(9-12)18-15(20)17-10-14(19)11-5-2-1-3-6-11/h1-9,14,19H,10H2,(H2,17,18,20). The SMILES string of the molecule is O=C(NCC(O)c1ccccc1)Nc1cccc(I)c1. The molecule has 0 bridgehead atoms. The Labute approximate surface area is 131 Å². The monoisotopic (exact) mass is 382 g/mol. The number of anilines is 1. The number of carbonyl (C=O) groups is 1. The summed E-state index contributed by atoms with van der Waals surface area (Å²) in [6.45, 7) is 0.166. The first-order valence-electron chi connectivity index (χ1n) is 6.18. The van der Waals surface area contributed by atoms with Gasteiger partial charge in [-0.1, -0.05) is 36.4 Å². The molecular formula is C15H15IN2O2. The molecule has 0 saturated heterocycles. The lowest BCUT2D eigenvalue weighted by molar-refractivity contribution is 0.175. The van der Waals surface area contributed by atoms with Gasteiger partial charge in [0.25, 0.3) is 0 Å². The van der Waals surface area contributed by atoms with E-state index in [4.69, 9.17) is 0 Å². The van der Waals surface area contributed by atoms with E-state index in [9.17, 15) is 9.90 Å². The third-order valence-corrected chi connectivity index (χ3v) is 3.39. The average molecular weight is 382 g/mol. The number of benzene rings is 2. The molecule has 4 nitrogen and oxygen atoms in total. The minimum atomic E-state index is -0.710. The Bertz CT molecular complexity index is 575. The van der Waals surface area contributed by atoms with Crippen molar-refractivity contribution in [1.82, 2.24) is 5.32 Å². The van der Waals surface area contributed by atoms with E-state index in [0.29, 0.717) is 0 Å². The van der Waals surface area contributed by atoms with Crippen LogP contribution in [0.5, 0.6) is 0 Å². The van der Waals surface area contributed by atoms with Crippen molar-refractivity contribution in [3.8, 4) is 0 Å². The quantitative estimate of drug-likeness (QED) is 0.712. The fourth-order valence-electron chi connectivity index (χ4n) is 1.72. The van der Waals surface area contributed by atoms with Gasteiger partial charge in [0.05, 0.1) is 6.10 Å². The molecule has 0 aliphatic heterocycles. The van der Waals surface area contributed by atoms with E-state index >= 15 is 0 Å². The van der Waals surface area contributed by atoms with Crippen LogP contribution in [-0.2, 0) is 0 Å². The molecule has 5 heteroatoms. The van der Waals surface area contributed by atoms with Gasteiger partial charge in [0.1, 0.15) is 0 Å². The predicted molar refractivity (Wildman–Crippen MR) is 87.6 cm³/mol. The van der Waals surface area contributed by atoms with Crippen molar-refractivity contribution < 1.29 is 9.90 Å². The van der Waals surface area contributed by atoms with Crippen molar-refractivity contribution in [2.75, 3.05) is 11.9 Å². The zero-order valence-corrected chi connectivity index (χ0v) is 12.9. The number of urea groups is 1. The molecule has 0 aliphatic carbocycles. The highest BCUT2D eigenvalue weighted by atomic mass is 127. The van der Waals surface area contributed by atoms with Gasteiger partial charge in [0.15, 0.2) is 0 Å². The van der Waals surface area contributed by atoms with Crippen molar-refractivity contribution in [3.63, 3.8) is 0 Å². The molecule has 1 unspecified atom stereocenters. The van der Waals surface area contributed by atoms with Crippen LogP contribution in [-0.4, -0.2) is 17.7 Å². The van der Waals surface area contributed by atoms with Gasteiger partial charge in [0, 0.05) is 15.8 Å². The van der Waals surface area contributed by atoms with Gasteiger partial charge in [-0.05, 0) is 46.4 Å². The summed E-state index contributed by atoms with van der Waals surface area (Å²) in [5, 5.41) is 15.3. The van der Waals surface area contributed by atoms with E-state index < -0.39 is 6.10 Å². The van der Waals surface area contributed by atoms with Crippen molar-refractivity contribution in [2.45, 2.75) is 6.10 Å². The van der Waals surface area contributed by atoms with Crippen LogP contribution < -0.4 is 10.6 Å². The van der Waals surface area contributed by atoms with Crippen molar-refractivity contribution in [3.05, 3.63) is 63.7 Å². The Morgan fingerprint density at radius 3 is 2.60 bits per heavy atom. The number of aliphatic hydroxyl groups is 1. The second-order valence-electron chi connectivity index (χ2n) is 4.27. The third-order valence-electron chi connectivity index (χ3n) is 2.72. The Morgan fingerprint density at radius 2 is 1.90 bits per heavy atom. The van der Waals surface area contributed by atoms with Crippen LogP contribution in [0.1, 0.15) is 11.7 Å². The molecule has 0 fully saturated rings. The number of hydrogen-bond donors (Lipinski definition) is 3. The lowest BCUT2D eigenvalue weighted by Gasteiger charge is -2.13. The molecule has 20 heavy (non-hydrogen) atoms. The highest BCUT2D eigenvalue weighted by molar-refractivity contribution is 14.1. The van der Waals surface area contributed by atoms with E-state index in [1.165, 1.54) is 0 Å². The van der Waals surface area contributed by atoms with Crippen LogP contribution in [0.4, 0.5) is 10.5 Å². The Morgan fingerprint density at radius 1 is 1.15 bits per heavy atom. The lowest BCUT2D eigenvalue weighted by atomic mass is 10.1. The van der Waals surface area contributed by atoms with Gasteiger partial charge < -0.3 is 15.7 Å². The minimum Gasteiger partial charge on any atom is -0.387 e. The number of rotatable bonds is 4. The van der Waals surface area contributed by atoms with E-state index in [2.05, 4.69) is 33.2 Å². The molecule has 0 aliphatic rings. The third kappa shape index (κ3) is 4.50. The molecule has 2 amide bonds. The summed E-state index contributed by atoms with van der Waals surface area (Å²) in [4.78, 5) is 11.7. The first-order valence-corrected chi connectivity index (χ1v) is 7.26. The Hall–Kier alpha value is -1.60. The molecular weight excluding hydrogens is 367 g/mol. The van der Waals surface area contributed by atoms with E-state index in [1.54, 1.807) is 0 Å². The van der Waals surface area contributed by atoms with Crippen molar-refractivity contribution in [2.24, 2.45) is 0 Å². The molecule has 2 aromatic carbocycles. The second-order valence-corrected chi connectivity index (χ2v) is 5.52. The summed E-state index contributed by atoms with van der Waals surface area (Å²) >= 11 is 2.18. The molecule has 0 radical (unpaired) electrons. The minimum absolute atomic E-state index is 0.166.